The highest BCUT2D eigenvalue weighted by Crippen LogP contribution is 2.22. The van der Waals surface area contributed by atoms with Gasteiger partial charge in [0.25, 0.3) is 5.91 Å². The second-order valence-electron chi connectivity index (χ2n) is 4.37. The van der Waals surface area contributed by atoms with Crippen molar-refractivity contribution in [3.63, 3.8) is 0 Å². The lowest BCUT2D eigenvalue weighted by molar-refractivity contribution is 0.0375. The van der Waals surface area contributed by atoms with Crippen molar-refractivity contribution in [2.45, 2.75) is 6.10 Å². The number of nitrogens with two attached hydrogens (primary N) is 1. The highest BCUT2D eigenvalue weighted by atomic mass is 16.5. The van der Waals surface area contributed by atoms with E-state index in [-0.39, 0.29) is 12.0 Å². The first-order valence-electron chi connectivity index (χ1n) is 5.55. The van der Waals surface area contributed by atoms with Crippen molar-refractivity contribution < 1.29 is 9.53 Å². The Morgan fingerprint density at radius 3 is 2.71 bits per heavy atom. The number of para-hydroxylation sites is 1. The van der Waals surface area contributed by atoms with Crippen LogP contribution in [-0.2, 0) is 0 Å². The number of amides is 1. The molecular formula is C12H17N3O2. The molecule has 5 heteroatoms. The Morgan fingerprint density at radius 2 is 2.12 bits per heavy atom. The van der Waals surface area contributed by atoms with E-state index in [1.165, 1.54) is 7.05 Å². The van der Waals surface area contributed by atoms with E-state index in [2.05, 4.69) is 4.90 Å². The largest absolute Gasteiger partial charge is 0.487 e. The molecule has 0 atom stereocenters. The Kier molecular flexibility index (Phi) is 3.31. The third kappa shape index (κ3) is 2.57. The fraction of sp³-hybridized carbons (Fsp3) is 0.417. The standard InChI is InChI=1S/C12H17N3O2/c1-14-7-9(8-14)17-11-6-4-3-5-10(11)12(16)15(2)13/h3-6,9H,7-8,13H2,1-2H3. The molecule has 5 nitrogen and oxygen atoms in total. The molecule has 0 bridgehead atoms. The molecule has 0 radical (unpaired) electrons. The van der Waals surface area contributed by atoms with Gasteiger partial charge in [0.1, 0.15) is 11.9 Å². The molecule has 0 aliphatic carbocycles. The van der Waals surface area contributed by atoms with Crippen LogP contribution >= 0.6 is 0 Å². The van der Waals surface area contributed by atoms with Gasteiger partial charge in [0.05, 0.1) is 5.56 Å². The van der Waals surface area contributed by atoms with Crippen LogP contribution in [0.3, 0.4) is 0 Å². The van der Waals surface area contributed by atoms with E-state index >= 15 is 0 Å². The minimum absolute atomic E-state index is 0.164. The second-order valence-corrected chi connectivity index (χ2v) is 4.37. The quantitative estimate of drug-likeness (QED) is 0.466. The Balaban J connectivity index is 2.13. The lowest BCUT2D eigenvalue weighted by Crippen LogP contribution is -2.51. The van der Waals surface area contributed by atoms with Gasteiger partial charge < -0.3 is 4.74 Å². The lowest BCUT2D eigenvalue weighted by Gasteiger charge is -2.36. The first-order valence-corrected chi connectivity index (χ1v) is 5.55. The molecule has 1 aliphatic heterocycles. The van der Waals surface area contributed by atoms with Crippen LogP contribution in [0.5, 0.6) is 5.75 Å². The molecule has 0 saturated carbocycles. The van der Waals surface area contributed by atoms with Crippen molar-refractivity contribution in [1.82, 2.24) is 9.91 Å². The van der Waals surface area contributed by atoms with E-state index in [0.717, 1.165) is 18.1 Å². The van der Waals surface area contributed by atoms with Gasteiger partial charge in [-0.15, -0.1) is 0 Å². The zero-order valence-corrected chi connectivity index (χ0v) is 10.1. The predicted molar refractivity (Wildman–Crippen MR) is 64.6 cm³/mol. The summed E-state index contributed by atoms with van der Waals surface area (Å²) in [5, 5.41) is 1.06. The Labute approximate surface area is 101 Å². The number of hydrogen-bond acceptors (Lipinski definition) is 4. The minimum atomic E-state index is -0.242. The van der Waals surface area contributed by atoms with Crippen LogP contribution in [0.4, 0.5) is 0 Å². The number of carbonyl (C=O) groups is 1. The molecule has 1 aromatic rings. The highest BCUT2D eigenvalue weighted by Gasteiger charge is 2.26. The maximum atomic E-state index is 11.8. The van der Waals surface area contributed by atoms with Crippen LogP contribution in [0.25, 0.3) is 0 Å². The first kappa shape index (κ1) is 11.9. The number of nitrogens with zero attached hydrogens (tertiary/aromatic N) is 2. The molecule has 2 rings (SSSR count). The van der Waals surface area contributed by atoms with Gasteiger partial charge >= 0.3 is 0 Å². The summed E-state index contributed by atoms with van der Waals surface area (Å²) >= 11 is 0. The summed E-state index contributed by atoms with van der Waals surface area (Å²) in [7, 11) is 3.56. The Morgan fingerprint density at radius 1 is 1.47 bits per heavy atom. The Hall–Kier alpha value is -1.59. The maximum Gasteiger partial charge on any atom is 0.271 e. The molecule has 2 N–H and O–H groups in total. The summed E-state index contributed by atoms with van der Waals surface area (Å²) in [5.74, 6) is 5.82. The summed E-state index contributed by atoms with van der Waals surface area (Å²) in [6.45, 7) is 1.78. The van der Waals surface area contributed by atoms with E-state index in [1.807, 2.05) is 13.1 Å². The summed E-state index contributed by atoms with van der Waals surface area (Å²) in [4.78, 5) is 14.0. The molecule has 0 unspecified atom stereocenters. The maximum absolute atomic E-state index is 11.8. The topological polar surface area (TPSA) is 58.8 Å². The van der Waals surface area contributed by atoms with Gasteiger partial charge in [-0.3, -0.25) is 14.7 Å². The number of rotatable bonds is 3. The van der Waals surface area contributed by atoms with Gasteiger partial charge in [0.2, 0.25) is 0 Å². The summed E-state index contributed by atoms with van der Waals surface area (Å²) in [6, 6.07) is 7.18. The smallest absolute Gasteiger partial charge is 0.271 e. The molecule has 1 aromatic carbocycles. The van der Waals surface area contributed by atoms with E-state index in [9.17, 15) is 4.79 Å². The molecule has 1 fully saturated rings. The number of likely N-dealkylation sites (tertiary alicyclic amines) is 1. The van der Waals surface area contributed by atoms with Gasteiger partial charge in [-0.1, -0.05) is 12.1 Å². The second kappa shape index (κ2) is 4.73. The third-order valence-electron chi connectivity index (χ3n) is 2.76. The van der Waals surface area contributed by atoms with Crippen LogP contribution in [0.1, 0.15) is 10.4 Å². The fourth-order valence-corrected chi connectivity index (χ4v) is 1.83. The zero-order valence-electron chi connectivity index (χ0n) is 10.1. The van der Waals surface area contributed by atoms with Gasteiger partial charge in [0, 0.05) is 20.1 Å². The van der Waals surface area contributed by atoms with Crippen LogP contribution in [-0.4, -0.2) is 49.1 Å². The minimum Gasteiger partial charge on any atom is -0.487 e. The van der Waals surface area contributed by atoms with Crippen molar-refractivity contribution in [3.8, 4) is 5.75 Å². The fourth-order valence-electron chi connectivity index (χ4n) is 1.83. The van der Waals surface area contributed by atoms with Gasteiger partial charge in [-0.2, -0.15) is 0 Å². The third-order valence-corrected chi connectivity index (χ3v) is 2.76. The molecule has 1 amide bonds. The predicted octanol–water partition coefficient (Wildman–Crippen LogP) is 0.325. The van der Waals surface area contributed by atoms with Crippen molar-refractivity contribution in [2.24, 2.45) is 5.84 Å². The zero-order chi connectivity index (χ0) is 12.4. The van der Waals surface area contributed by atoms with Gasteiger partial charge in [-0.05, 0) is 19.2 Å². The molecule has 17 heavy (non-hydrogen) atoms. The molecule has 1 aliphatic rings. The summed E-state index contributed by atoms with van der Waals surface area (Å²) in [6.07, 6.45) is 0.164. The first-order chi connectivity index (χ1) is 8.08. The van der Waals surface area contributed by atoms with E-state index < -0.39 is 0 Å². The number of hydrazine groups is 1. The van der Waals surface area contributed by atoms with E-state index in [1.54, 1.807) is 18.2 Å². The molecule has 0 spiro atoms. The van der Waals surface area contributed by atoms with Crippen molar-refractivity contribution >= 4 is 5.91 Å². The molecule has 0 aromatic heterocycles. The number of likely N-dealkylation sites (N-methyl/N-ethyl adjacent to an activating group) is 1. The molecular weight excluding hydrogens is 218 g/mol. The van der Waals surface area contributed by atoms with Gasteiger partial charge in [0.15, 0.2) is 0 Å². The van der Waals surface area contributed by atoms with Crippen LogP contribution in [0.15, 0.2) is 24.3 Å². The van der Waals surface area contributed by atoms with Crippen molar-refractivity contribution in [2.75, 3.05) is 27.2 Å². The van der Waals surface area contributed by atoms with E-state index in [0.29, 0.717) is 11.3 Å². The number of carbonyl (C=O) groups excluding carboxylic acids is 1. The van der Waals surface area contributed by atoms with Crippen molar-refractivity contribution in [1.29, 1.82) is 0 Å². The normalized spacial score (nSPS) is 16.4. The van der Waals surface area contributed by atoms with E-state index in [4.69, 9.17) is 10.6 Å². The monoisotopic (exact) mass is 235 g/mol. The number of ether oxygens (including phenoxy) is 1. The molecule has 1 heterocycles. The average Bonchev–Trinajstić information content (AvgIpc) is 2.26. The SMILES string of the molecule is CN1CC(Oc2ccccc2C(=O)N(C)N)C1. The summed E-state index contributed by atoms with van der Waals surface area (Å²) in [5.41, 5.74) is 0.507. The Bertz CT molecular complexity index is 414. The number of hydrogen-bond donors (Lipinski definition) is 1. The average molecular weight is 235 g/mol. The molecule has 92 valence electrons. The highest BCUT2D eigenvalue weighted by molar-refractivity contribution is 5.96. The molecule has 1 saturated heterocycles. The van der Waals surface area contributed by atoms with Gasteiger partial charge in [-0.25, -0.2) is 5.84 Å². The summed E-state index contributed by atoms with van der Waals surface area (Å²) < 4.78 is 5.78. The van der Waals surface area contributed by atoms with Crippen LogP contribution in [0.2, 0.25) is 0 Å². The van der Waals surface area contributed by atoms with Crippen molar-refractivity contribution in [3.05, 3.63) is 29.8 Å². The van der Waals surface area contributed by atoms with Crippen LogP contribution < -0.4 is 10.6 Å². The number of benzene rings is 1. The lowest BCUT2D eigenvalue weighted by atomic mass is 10.1. The van der Waals surface area contributed by atoms with Crippen LogP contribution in [0, 0.1) is 0 Å².